The van der Waals surface area contributed by atoms with Crippen LogP contribution in [0.4, 0.5) is 0 Å². The zero-order chi connectivity index (χ0) is 14.3. The van der Waals surface area contributed by atoms with Gasteiger partial charge in [-0.1, -0.05) is 42.8 Å². The summed E-state index contributed by atoms with van der Waals surface area (Å²) in [4.78, 5) is 0. The summed E-state index contributed by atoms with van der Waals surface area (Å²) in [6.07, 6.45) is 4.87. The Morgan fingerprint density at radius 3 is 2.65 bits per heavy atom. The van der Waals surface area contributed by atoms with E-state index in [4.69, 9.17) is 11.6 Å². The Balaban J connectivity index is 1.82. The van der Waals surface area contributed by atoms with Crippen LogP contribution in [0.1, 0.15) is 18.9 Å². The lowest BCUT2D eigenvalue weighted by Gasteiger charge is -2.21. The van der Waals surface area contributed by atoms with Crippen LogP contribution in [-0.4, -0.2) is 24.5 Å². The van der Waals surface area contributed by atoms with Crippen LogP contribution in [0.3, 0.4) is 0 Å². The maximum absolute atomic E-state index is 12.6. The van der Waals surface area contributed by atoms with Gasteiger partial charge in [-0.15, -0.1) is 0 Å². The van der Waals surface area contributed by atoms with Crippen LogP contribution in [0.25, 0.3) is 0 Å². The molecule has 0 saturated carbocycles. The number of fused-ring (bicyclic) bond motifs is 1. The third kappa shape index (κ3) is 2.52. The zero-order valence-electron chi connectivity index (χ0n) is 11.4. The van der Waals surface area contributed by atoms with E-state index in [0.717, 1.165) is 12.0 Å². The van der Waals surface area contributed by atoms with E-state index in [1.807, 2.05) is 24.3 Å². The van der Waals surface area contributed by atoms with E-state index < -0.39 is 10.0 Å². The Kier molecular flexibility index (Phi) is 3.65. The van der Waals surface area contributed by atoms with Crippen LogP contribution in [0.2, 0.25) is 5.02 Å². The van der Waals surface area contributed by atoms with Gasteiger partial charge in [-0.25, -0.2) is 8.42 Å². The van der Waals surface area contributed by atoms with Crippen molar-refractivity contribution in [3.63, 3.8) is 0 Å². The van der Waals surface area contributed by atoms with Crippen molar-refractivity contribution in [3.05, 3.63) is 47.0 Å². The maximum atomic E-state index is 12.6. The highest BCUT2D eigenvalue weighted by atomic mass is 35.5. The number of halogens is 1. The van der Waals surface area contributed by atoms with Crippen molar-refractivity contribution in [1.82, 2.24) is 4.31 Å². The second-order valence-corrected chi connectivity index (χ2v) is 8.31. The molecule has 108 valence electrons. The van der Waals surface area contributed by atoms with Crippen molar-refractivity contribution in [2.24, 2.45) is 11.8 Å². The summed E-state index contributed by atoms with van der Waals surface area (Å²) < 4.78 is 26.7. The molecule has 1 aliphatic heterocycles. The third-order valence-corrected chi connectivity index (χ3v) is 6.66. The lowest BCUT2D eigenvalue weighted by atomic mass is 9.87. The van der Waals surface area contributed by atoms with Gasteiger partial charge < -0.3 is 0 Å². The fourth-order valence-electron chi connectivity index (χ4n) is 3.15. The number of benzene rings is 1. The Bertz CT molecular complexity index is 624. The average molecular weight is 312 g/mol. The highest BCUT2D eigenvalue weighted by Gasteiger charge is 2.46. The standard InChI is InChI=1S/C15H18ClNO2S/c1-11-2-7-15-13(8-11)10-17(20(15,18)19)9-12-3-5-14(16)6-4-12/h2-7,11,13,15H,8-10H2,1H3/t11-,13-,15+/m1/s1. The summed E-state index contributed by atoms with van der Waals surface area (Å²) in [6, 6.07) is 7.37. The molecule has 1 fully saturated rings. The van der Waals surface area contributed by atoms with Gasteiger partial charge in [0.05, 0.1) is 5.25 Å². The van der Waals surface area contributed by atoms with Crippen LogP contribution in [-0.2, 0) is 16.6 Å². The molecule has 1 heterocycles. The minimum atomic E-state index is -3.21. The monoisotopic (exact) mass is 311 g/mol. The normalized spacial score (nSPS) is 32.2. The molecule has 0 aromatic heterocycles. The van der Waals surface area contributed by atoms with Crippen molar-refractivity contribution in [1.29, 1.82) is 0 Å². The van der Waals surface area contributed by atoms with Crippen LogP contribution in [0.5, 0.6) is 0 Å². The molecule has 1 saturated heterocycles. The number of nitrogens with zero attached hydrogens (tertiary/aromatic N) is 1. The number of allylic oxidation sites excluding steroid dienone is 1. The first kappa shape index (κ1) is 14.1. The van der Waals surface area contributed by atoms with Crippen molar-refractivity contribution < 1.29 is 8.42 Å². The van der Waals surface area contributed by atoms with Gasteiger partial charge in [-0.2, -0.15) is 4.31 Å². The lowest BCUT2D eigenvalue weighted by Crippen LogP contribution is -2.29. The summed E-state index contributed by atoms with van der Waals surface area (Å²) in [5.41, 5.74) is 0.980. The Hall–Kier alpha value is -0.840. The van der Waals surface area contributed by atoms with Crippen LogP contribution in [0.15, 0.2) is 36.4 Å². The molecule has 0 N–H and O–H groups in total. The highest BCUT2D eigenvalue weighted by Crippen LogP contribution is 2.37. The second kappa shape index (κ2) is 5.17. The fraction of sp³-hybridized carbons (Fsp3) is 0.467. The summed E-state index contributed by atoms with van der Waals surface area (Å²) in [6.45, 7) is 3.21. The molecule has 0 bridgehead atoms. The van der Waals surface area contributed by atoms with E-state index in [-0.39, 0.29) is 11.2 Å². The molecule has 0 amide bonds. The average Bonchev–Trinajstić information content (AvgIpc) is 2.63. The second-order valence-electron chi connectivity index (χ2n) is 5.79. The first-order valence-electron chi connectivity index (χ1n) is 6.88. The van der Waals surface area contributed by atoms with Gasteiger partial charge in [0.25, 0.3) is 0 Å². The minimum absolute atomic E-state index is 0.229. The molecule has 1 aromatic carbocycles. The lowest BCUT2D eigenvalue weighted by molar-refractivity contribution is 0.355. The number of sulfonamides is 1. The first-order chi connectivity index (χ1) is 9.46. The van der Waals surface area contributed by atoms with Gasteiger partial charge in [0.15, 0.2) is 0 Å². The predicted molar refractivity (Wildman–Crippen MR) is 81.0 cm³/mol. The summed E-state index contributed by atoms with van der Waals surface area (Å²) >= 11 is 5.86. The van der Waals surface area contributed by atoms with Crippen molar-refractivity contribution in [2.45, 2.75) is 25.1 Å². The Labute approximate surface area is 125 Å². The molecule has 3 atom stereocenters. The van der Waals surface area contributed by atoms with E-state index in [9.17, 15) is 8.42 Å². The van der Waals surface area contributed by atoms with Crippen molar-refractivity contribution in [2.75, 3.05) is 6.54 Å². The molecule has 2 aliphatic rings. The van der Waals surface area contributed by atoms with E-state index in [1.54, 1.807) is 16.4 Å². The molecule has 1 aliphatic carbocycles. The van der Waals surface area contributed by atoms with Crippen LogP contribution < -0.4 is 0 Å². The number of hydrogen-bond acceptors (Lipinski definition) is 2. The smallest absolute Gasteiger partial charge is 0.212 e. The number of rotatable bonds is 2. The molecular weight excluding hydrogens is 294 g/mol. The third-order valence-electron chi connectivity index (χ3n) is 4.18. The van der Waals surface area contributed by atoms with E-state index in [2.05, 4.69) is 6.92 Å². The fourth-order valence-corrected chi connectivity index (χ4v) is 5.32. The van der Waals surface area contributed by atoms with E-state index >= 15 is 0 Å². The van der Waals surface area contributed by atoms with Gasteiger partial charge >= 0.3 is 0 Å². The molecule has 0 spiro atoms. The van der Waals surface area contributed by atoms with Gasteiger partial charge in [-0.05, 0) is 36.0 Å². The van der Waals surface area contributed by atoms with Gasteiger partial charge in [0.1, 0.15) is 0 Å². The predicted octanol–water partition coefficient (Wildman–Crippen LogP) is 3.07. The van der Waals surface area contributed by atoms with Gasteiger partial charge in [0.2, 0.25) is 10.0 Å². The largest absolute Gasteiger partial charge is 0.221 e. The molecule has 1 aromatic rings. The quantitative estimate of drug-likeness (QED) is 0.787. The van der Waals surface area contributed by atoms with Crippen molar-refractivity contribution in [3.8, 4) is 0 Å². The highest BCUT2D eigenvalue weighted by molar-refractivity contribution is 7.90. The molecule has 0 unspecified atom stereocenters. The van der Waals surface area contributed by atoms with Crippen molar-refractivity contribution >= 4 is 21.6 Å². The maximum Gasteiger partial charge on any atom is 0.221 e. The number of hydrogen-bond donors (Lipinski definition) is 0. The van der Waals surface area contributed by atoms with Crippen LogP contribution in [0, 0.1) is 11.8 Å². The summed E-state index contributed by atoms with van der Waals surface area (Å²) in [5.74, 6) is 0.703. The summed E-state index contributed by atoms with van der Waals surface area (Å²) in [7, 11) is -3.21. The van der Waals surface area contributed by atoms with Gasteiger partial charge in [-0.3, -0.25) is 0 Å². The molecule has 3 nitrogen and oxygen atoms in total. The molecule has 20 heavy (non-hydrogen) atoms. The Morgan fingerprint density at radius 1 is 1.25 bits per heavy atom. The molecule has 0 radical (unpaired) electrons. The SMILES string of the molecule is C[C@@H]1C=C[C@H]2[C@H](C1)CN(Cc1ccc(Cl)cc1)S2(=O)=O. The topological polar surface area (TPSA) is 37.4 Å². The van der Waals surface area contributed by atoms with E-state index in [1.165, 1.54) is 0 Å². The molecule has 5 heteroatoms. The molecule has 3 rings (SSSR count). The van der Waals surface area contributed by atoms with Gasteiger partial charge in [0, 0.05) is 18.1 Å². The first-order valence-corrected chi connectivity index (χ1v) is 8.76. The van der Waals surface area contributed by atoms with Crippen LogP contribution >= 0.6 is 11.6 Å². The summed E-state index contributed by atoms with van der Waals surface area (Å²) in [5, 5.41) is 0.342. The minimum Gasteiger partial charge on any atom is -0.212 e. The molecular formula is C15H18ClNO2S. The zero-order valence-corrected chi connectivity index (χ0v) is 12.9. The Morgan fingerprint density at radius 2 is 1.95 bits per heavy atom. The van der Waals surface area contributed by atoms with E-state index in [0.29, 0.717) is 24.0 Å².